The Labute approximate surface area is 80.1 Å². The van der Waals surface area contributed by atoms with Gasteiger partial charge in [-0.15, -0.1) is 0 Å². The fourth-order valence-corrected chi connectivity index (χ4v) is 1.81. The van der Waals surface area contributed by atoms with E-state index < -0.39 is 0 Å². The van der Waals surface area contributed by atoms with E-state index in [9.17, 15) is 0 Å². The third kappa shape index (κ3) is 1.50. The molecular formula is C9H10IN. The van der Waals surface area contributed by atoms with Gasteiger partial charge in [0.15, 0.2) is 0 Å². The molecule has 1 aliphatic rings. The van der Waals surface area contributed by atoms with Crippen molar-refractivity contribution in [2.45, 2.75) is 18.8 Å². The van der Waals surface area contributed by atoms with Crippen molar-refractivity contribution >= 4 is 28.3 Å². The molecule has 1 aromatic carbocycles. The summed E-state index contributed by atoms with van der Waals surface area (Å²) in [6.45, 7) is 0. The smallest absolute Gasteiger partial charge is 0.0350 e. The first-order valence-corrected chi connectivity index (χ1v) is 4.90. The summed E-state index contributed by atoms with van der Waals surface area (Å²) in [7, 11) is 0. The predicted octanol–water partition coefficient (Wildman–Crippen LogP) is 2.75. The molecular weight excluding hydrogens is 249 g/mol. The summed E-state index contributed by atoms with van der Waals surface area (Å²) in [5, 5.41) is 0. The van der Waals surface area contributed by atoms with Gasteiger partial charge in [0.1, 0.15) is 0 Å². The zero-order chi connectivity index (χ0) is 7.84. The molecule has 1 nitrogen and oxygen atoms in total. The van der Waals surface area contributed by atoms with E-state index in [-0.39, 0.29) is 0 Å². The van der Waals surface area contributed by atoms with Crippen molar-refractivity contribution < 1.29 is 0 Å². The van der Waals surface area contributed by atoms with E-state index in [0.29, 0.717) is 0 Å². The second kappa shape index (κ2) is 2.66. The van der Waals surface area contributed by atoms with Gasteiger partial charge in [-0.25, -0.2) is 0 Å². The van der Waals surface area contributed by atoms with Crippen LogP contribution < -0.4 is 5.73 Å². The summed E-state index contributed by atoms with van der Waals surface area (Å²) in [5.74, 6) is 0.768. The van der Waals surface area contributed by atoms with Crippen molar-refractivity contribution in [2.75, 3.05) is 5.73 Å². The van der Waals surface area contributed by atoms with Gasteiger partial charge in [0, 0.05) is 9.26 Å². The van der Waals surface area contributed by atoms with E-state index in [4.69, 9.17) is 5.73 Å². The maximum atomic E-state index is 5.83. The van der Waals surface area contributed by atoms with Gasteiger partial charge in [-0.1, -0.05) is 0 Å². The molecule has 0 atom stereocenters. The van der Waals surface area contributed by atoms with Crippen LogP contribution in [0, 0.1) is 3.57 Å². The zero-order valence-electron chi connectivity index (χ0n) is 6.18. The monoisotopic (exact) mass is 259 g/mol. The summed E-state index contributed by atoms with van der Waals surface area (Å²) in [6.07, 6.45) is 2.65. The highest BCUT2D eigenvalue weighted by Crippen LogP contribution is 2.42. The van der Waals surface area contributed by atoms with Gasteiger partial charge >= 0.3 is 0 Å². The number of anilines is 1. The Hall–Kier alpha value is -0.250. The van der Waals surface area contributed by atoms with Crippen LogP contribution in [0.5, 0.6) is 0 Å². The van der Waals surface area contributed by atoms with Gasteiger partial charge in [0.25, 0.3) is 0 Å². The second-order valence-corrected chi connectivity index (χ2v) is 4.29. The molecule has 0 aliphatic heterocycles. The molecule has 2 heteroatoms. The SMILES string of the molecule is Nc1ccc(I)cc1C1CC1. The van der Waals surface area contributed by atoms with Crippen LogP contribution in [0.25, 0.3) is 0 Å². The molecule has 0 aromatic heterocycles. The summed E-state index contributed by atoms with van der Waals surface area (Å²) in [4.78, 5) is 0. The molecule has 0 amide bonds. The predicted molar refractivity (Wildman–Crippen MR) is 55.5 cm³/mol. The lowest BCUT2D eigenvalue weighted by molar-refractivity contribution is 1.13. The number of hydrogen-bond acceptors (Lipinski definition) is 1. The third-order valence-electron chi connectivity index (χ3n) is 2.07. The first-order valence-electron chi connectivity index (χ1n) is 3.82. The van der Waals surface area contributed by atoms with E-state index >= 15 is 0 Å². The minimum Gasteiger partial charge on any atom is -0.398 e. The van der Waals surface area contributed by atoms with Gasteiger partial charge in [-0.3, -0.25) is 0 Å². The van der Waals surface area contributed by atoms with E-state index in [0.717, 1.165) is 11.6 Å². The van der Waals surface area contributed by atoms with Crippen LogP contribution in [-0.2, 0) is 0 Å². The zero-order valence-corrected chi connectivity index (χ0v) is 8.34. The number of benzene rings is 1. The van der Waals surface area contributed by atoms with Crippen molar-refractivity contribution in [3.05, 3.63) is 27.3 Å². The van der Waals surface area contributed by atoms with E-state index in [2.05, 4.69) is 34.7 Å². The second-order valence-electron chi connectivity index (χ2n) is 3.05. The Bertz CT molecular complexity index is 279. The van der Waals surface area contributed by atoms with Crippen LogP contribution in [0.1, 0.15) is 24.3 Å². The number of rotatable bonds is 1. The molecule has 58 valence electrons. The maximum Gasteiger partial charge on any atom is 0.0350 e. The number of nitrogen functional groups attached to an aromatic ring is 1. The molecule has 1 aromatic rings. The largest absolute Gasteiger partial charge is 0.398 e. The Kier molecular flexibility index (Phi) is 1.79. The molecule has 11 heavy (non-hydrogen) atoms. The molecule has 0 saturated heterocycles. The molecule has 0 bridgehead atoms. The fraction of sp³-hybridized carbons (Fsp3) is 0.333. The van der Waals surface area contributed by atoms with Gasteiger partial charge in [-0.05, 0) is 65.1 Å². The van der Waals surface area contributed by atoms with Crippen LogP contribution in [0.2, 0.25) is 0 Å². The Morgan fingerprint density at radius 3 is 2.73 bits per heavy atom. The van der Waals surface area contributed by atoms with Crippen molar-refractivity contribution in [1.82, 2.24) is 0 Å². The summed E-state index contributed by atoms with van der Waals surface area (Å²) >= 11 is 2.33. The molecule has 0 unspecified atom stereocenters. The average molecular weight is 259 g/mol. The molecule has 0 heterocycles. The third-order valence-corrected chi connectivity index (χ3v) is 2.74. The van der Waals surface area contributed by atoms with Gasteiger partial charge < -0.3 is 5.73 Å². The number of nitrogens with two attached hydrogens (primary N) is 1. The minimum atomic E-state index is 0.768. The molecule has 2 N–H and O–H groups in total. The van der Waals surface area contributed by atoms with Gasteiger partial charge in [0.2, 0.25) is 0 Å². The van der Waals surface area contributed by atoms with Crippen LogP contribution in [0.15, 0.2) is 18.2 Å². The average Bonchev–Trinajstić information content (AvgIpc) is 2.76. The lowest BCUT2D eigenvalue weighted by atomic mass is 10.1. The molecule has 1 saturated carbocycles. The Morgan fingerprint density at radius 1 is 1.36 bits per heavy atom. The molecule has 1 fully saturated rings. The number of halogens is 1. The highest BCUT2D eigenvalue weighted by atomic mass is 127. The van der Waals surface area contributed by atoms with Crippen molar-refractivity contribution in [3.63, 3.8) is 0 Å². The van der Waals surface area contributed by atoms with Gasteiger partial charge in [-0.2, -0.15) is 0 Å². The Morgan fingerprint density at radius 2 is 2.09 bits per heavy atom. The minimum absolute atomic E-state index is 0.768. The van der Waals surface area contributed by atoms with E-state index in [1.54, 1.807) is 0 Å². The molecule has 0 spiro atoms. The summed E-state index contributed by atoms with van der Waals surface area (Å²) in [5.41, 5.74) is 8.15. The normalized spacial score (nSPS) is 16.8. The molecule has 2 rings (SSSR count). The van der Waals surface area contributed by atoms with E-state index in [1.807, 2.05) is 6.07 Å². The topological polar surface area (TPSA) is 26.0 Å². The highest BCUT2D eigenvalue weighted by molar-refractivity contribution is 14.1. The lowest BCUT2D eigenvalue weighted by Gasteiger charge is -2.02. The van der Waals surface area contributed by atoms with Crippen LogP contribution in [-0.4, -0.2) is 0 Å². The first-order chi connectivity index (χ1) is 5.27. The highest BCUT2D eigenvalue weighted by Gasteiger charge is 2.25. The van der Waals surface area contributed by atoms with Crippen LogP contribution in [0.3, 0.4) is 0 Å². The van der Waals surface area contributed by atoms with Crippen molar-refractivity contribution in [2.24, 2.45) is 0 Å². The molecule has 1 aliphatic carbocycles. The maximum absolute atomic E-state index is 5.83. The van der Waals surface area contributed by atoms with Crippen LogP contribution >= 0.6 is 22.6 Å². The van der Waals surface area contributed by atoms with E-state index in [1.165, 1.54) is 22.0 Å². The fourth-order valence-electron chi connectivity index (χ4n) is 1.29. The van der Waals surface area contributed by atoms with Crippen molar-refractivity contribution in [1.29, 1.82) is 0 Å². The lowest BCUT2D eigenvalue weighted by Crippen LogP contribution is -1.92. The molecule has 0 radical (unpaired) electrons. The van der Waals surface area contributed by atoms with Crippen molar-refractivity contribution in [3.8, 4) is 0 Å². The standard InChI is InChI=1S/C9H10IN/c10-7-3-4-9(11)8(5-7)6-1-2-6/h3-6H,1-2,11H2. The quantitative estimate of drug-likeness (QED) is 0.609. The van der Waals surface area contributed by atoms with Gasteiger partial charge in [0.05, 0.1) is 0 Å². The summed E-state index contributed by atoms with van der Waals surface area (Å²) in [6, 6.07) is 6.27. The van der Waals surface area contributed by atoms with Crippen LogP contribution in [0.4, 0.5) is 5.69 Å². The first kappa shape index (κ1) is 7.40. The summed E-state index contributed by atoms with van der Waals surface area (Å²) < 4.78 is 1.29. The Balaban J connectivity index is 2.42. The number of hydrogen-bond donors (Lipinski definition) is 1.